The zero-order chi connectivity index (χ0) is 18.6. The Hall–Kier alpha value is -2.01. The molecule has 1 amide bonds. The number of sulfonamides is 1. The van der Waals surface area contributed by atoms with Crippen LogP contribution in [0.1, 0.15) is 18.7 Å². The number of nitrogens with one attached hydrogen (secondary N) is 1. The fourth-order valence-corrected chi connectivity index (χ4v) is 3.39. The topological polar surface area (TPSA) is 118 Å². The van der Waals surface area contributed by atoms with E-state index in [1.54, 1.807) is 19.0 Å². The van der Waals surface area contributed by atoms with Crippen LogP contribution in [0.25, 0.3) is 0 Å². The lowest BCUT2D eigenvalue weighted by Gasteiger charge is -2.29. The maximum absolute atomic E-state index is 12.3. The van der Waals surface area contributed by atoms with Crippen molar-refractivity contribution in [2.75, 3.05) is 45.5 Å². The molecule has 1 fully saturated rings. The molecule has 1 N–H and O–H groups in total. The largest absolute Gasteiger partial charge is 0.467 e. The number of carbonyl (C=O) groups is 1. The van der Waals surface area contributed by atoms with Crippen LogP contribution in [0.3, 0.4) is 0 Å². The highest BCUT2D eigenvalue weighted by molar-refractivity contribution is 7.88. The molecule has 25 heavy (non-hydrogen) atoms. The zero-order valence-corrected chi connectivity index (χ0v) is 15.7. The van der Waals surface area contributed by atoms with Crippen molar-refractivity contribution in [1.82, 2.24) is 24.6 Å². The summed E-state index contributed by atoms with van der Waals surface area (Å²) in [5, 5.41) is 2.81. The molecule has 140 valence electrons. The normalized spacial score (nSPS) is 16.5. The summed E-state index contributed by atoms with van der Waals surface area (Å²) >= 11 is 0. The highest BCUT2D eigenvalue weighted by atomic mass is 32.2. The molecule has 2 rings (SSSR count). The smallest absolute Gasteiger partial charge is 0.321 e. The Morgan fingerprint density at radius 1 is 1.28 bits per heavy atom. The molecule has 0 bridgehead atoms. The maximum atomic E-state index is 12.3. The van der Waals surface area contributed by atoms with Crippen molar-refractivity contribution in [3.63, 3.8) is 0 Å². The molecule has 1 aliphatic rings. The second-order valence-electron chi connectivity index (χ2n) is 6.09. The van der Waals surface area contributed by atoms with E-state index < -0.39 is 10.0 Å². The van der Waals surface area contributed by atoms with Gasteiger partial charge in [-0.15, -0.1) is 0 Å². The molecule has 1 aromatic heterocycles. The van der Waals surface area contributed by atoms with Crippen LogP contribution in [0, 0.1) is 5.92 Å². The third-order valence-corrected chi connectivity index (χ3v) is 5.25. The fourth-order valence-electron chi connectivity index (χ4n) is 2.52. The lowest BCUT2D eigenvalue weighted by Crippen LogP contribution is -2.42. The zero-order valence-electron chi connectivity index (χ0n) is 14.9. The summed E-state index contributed by atoms with van der Waals surface area (Å²) < 4.78 is 29.5. The summed E-state index contributed by atoms with van der Waals surface area (Å²) in [5.41, 5.74) is 0. The van der Waals surface area contributed by atoms with Crippen LogP contribution in [-0.2, 0) is 21.4 Å². The highest BCUT2D eigenvalue weighted by Crippen LogP contribution is 2.19. The van der Waals surface area contributed by atoms with E-state index in [0.717, 1.165) is 0 Å². The molecule has 1 aromatic rings. The minimum absolute atomic E-state index is 0.126. The van der Waals surface area contributed by atoms with Gasteiger partial charge in [0.1, 0.15) is 0 Å². The van der Waals surface area contributed by atoms with Gasteiger partial charge in [0.25, 0.3) is 0 Å². The van der Waals surface area contributed by atoms with Gasteiger partial charge in [-0.2, -0.15) is 15.0 Å². The number of methoxy groups -OCH3 is 1. The Kier molecular flexibility index (Phi) is 6.11. The Balaban J connectivity index is 1.93. The van der Waals surface area contributed by atoms with Crippen molar-refractivity contribution >= 4 is 21.9 Å². The van der Waals surface area contributed by atoms with E-state index in [2.05, 4.69) is 20.3 Å². The summed E-state index contributed by atoms with van der Waals surface area (Å²) in [6.45, 7) is 0.882. The molecule has 0 spiro atoms. The van der Waals surface area contributed by atoms with E-state index in [1.165, 1.54) is 17.7 Å². The summed E-state index contributed by atoms with van der Waals surface area (Å²) in [6, 6.07) is 0.185. The number of piperidine rings is 1. The minimum Gasteiger partial charge on any atom is -0.467 e. The lowest BCUT2D eigenvalue weighted by atomic mass is 9.97. The molecule has 0 aliphatic carbocycles. The van der Waals surface area contributed by atoms with Crippen LogP contribution < -0.4 is 15.0 Å². The van der Waals surface area contributed by atoms with Gasteiger partial charge in [0, 0.05) is 33.1 Å². The second kappa shape index (κ2) is 7.91. The molecular formula is C14H24N6O4S. The third-order valence-electron chi connectivity index (χ3n) is 3.95. The van der Waals surface area contributed by atoms with Crippen LogP contribution in [0.4, 0.5) is 5.95 Å². The summed E-state index contributed by atoms with van der Waals surface area (Å²) in [4.78, 5) is 26.5. The number of rotatable bonds is 6. The van der Waals surface area contributed by atoms with Gasteiger partial charge in [0.05, 0.1) is 19.9 Å². The number of hydrogen-bond donors (Lipinski definition) is 1. The number of hydrogen-bond acceptors (Lipinski definition) is 8. The Morgan fingerprint density at radius 2 is 1.92 bits per heavy atom. The molecule has 10 nitrogen and oxygen atoms in total. The third kappa shape index (κ3) is 5.23. The van der Waals surface area contributed by atoms with Gasteiger partial charge in [-0.1, -0.05) is 0 Å². The summed E-state index contributed by atoms with van der Waals surface area (Å²) in [5.74, 6) is 0.504. The number of carbonyl (C=O) groups excluding carboxylic acids is 1. The average Bonchev–Trinajstić information content (AvgIpc) is 2.58. The number of ether oxygens (including phenoxy) is 1. The molecular weight excluding hydrogens is 348 g/mol. The average molecular weight is 372 g/mol. The number of amides is 1. The van der Waals surface area contributed by atoms with E-state index in [0.29, 0.717) is 37.7 Å². The van der Waals surface area contributed by atoms with Gasteiger partial charge in [-0.25, -0.2) is 12.7 Å². The van der Waals surface area contributed by atoms with E-state index in [-0.39, 0.29) is 24.4 Å². The van der Waals surface area contributed by atoms with Gasteiger partial charge in [0.15, 0.2) is 5.82 Å². The monoisotopic (exact) mass is 372 g/mol. The van der Waals surface area contributed by atoms with Crippen molar-refractivity contribution < 1.29 is 17.9 Å². The van der Waals surface area contributed by atoms with Crippen molar-refractivity contribution in [3.05, 3.63) is 5.82 Å². The van der Waals surface area contributed by atoms with Gasteiger partial charge < -0.3 is 15.0 Å². The Morgan fingerprint density at radius 3 is 2.44 bits per heavy atom. The first-order chi connectivity index (χ1) is 11.7. The summed E-state index contributed by atoms with van der Waals surface area (Å²) in [7, 11) is 1.87. The van der Waals surface area contributed by atoms with Crippen LogP contribution in [0.5, 0.6) is 6.01 Å². The van der Waals surface area contributed by atoms with Crippen molar-refractivity contribution in [1.29, 1.82) is 0 Å². The van der Waals surface area contributed by atoms with Crippen LogP contribution >= 0.6 is 0 Å². The van der Waals surface area contributed by atoms with Gasteiger partial charge in [-0.05, 0) is 12.8 Å². The van der Waals surface area contributed by atoms with Crippen molar-refractivity contribution in [2.24, 2.45) is 5.92 Å². The van der Waals surface area contributed by atoms with Gasteiger partial charge in [0.2, 0.25) is 21.9 Å². The maximum Gasteiger partial charge on any atom is 0.321 e. The Bertz CT molecular complexity index is 716. The molecule has 0 unspecified atom stereocenters. The molecule has 0 aromatic carbocycles. The first-order valence-electron chi connectivity index (χ1n) is 7.90. The fraction of sp³-hybridized carbons (Fsp3) is 0.714. The Labute approximate surface area is 147 Å². The first kappa shape index (κ1) is 19.3. The highest BCUT2D eigenvalue weighted by Gasteiger charge is 2.28. The van der Waals surface area contributed by atoms with Crippen molar-refractivity contribution in [2.45, 2.75) is 19.4 Å². The minimum atomic E-state index is -3.19. The SMILES string of the molecule is COc1nc(CNC(=O)C2CCN(S(C)(=O)=O)CC2)nc(N(C)C)n1. The van der Waals surface area contributed by atoms with E-state index in [4.69, 9.17) is 4.74 Å². The van der Waals surface area contributed by atoms with Crippen LogP contribution in [0.15, 0.2) is 0 Å². The molecule has 0 radical (unpaired) electrons. The van der Waals surface area contributed by atoms with Crippen LogP contribution in [-0.4, -0.2) is 74.1 Å². The molecule has 0 saturated carbocycles. The molecule has 2 heterocycles. The summed E-state index contributed by atoms with van der Waals surface area (Å²) in [6.07, 6.45) is 2.19. The van der Waals surface area contributed by atoms with Crippen molar-refractivity contribution in [3.8, 4) is 6.01 Å². The van der Waals surface area contributed by atoms with Gasteiger partial charge >= 0.3 is 6.01 Å². The molecule has 11 heteroatoms. The van der Waals surface area contributed by atoms with Gasteiger partial charge in [-0.3, -0.25) is 4.79 Å². The molecule has 1 aliphatic heterocycles. The molecule has 1 saturated heterocycles. The predicted molar refractivity (Wildman–Crippen MR) is 91.7 cm³/mol. The standard InChI is InChI=1S/C14H24N6O4S/c1-19(2)13-16-11(17-14(18-13)24-3)9-15-12(21)10-5-7-20(8-6-10)25(4,22)23/h10H,5-9H2,1-4H3,(H,15,21). The van der Waals surface area contributed by atoms with E-state index >= 15 is 0 Å². The van der Waals surface area contributed by atoms with E-state index in [1.807, 2.05) is 0 Å². The lowest BCUT2D eigenvalue weighted by molar-refractivity contribution is -0.126. The van der Waals surface area contributed by atoms with Crippen LogP contribution in [0.2, 0.25) is 0 Å². The van der Waals surface area contributed by atoms with E-state index in [9.17, 15) is 13.2 Å². The first-order valence-corrected chi connectivity index (χ1v) is 9.74. The molecule has 0 atom stereocenters. The number of nitrogens with zero attached hydrogens (tertiary/aromatic N) is 5. The number of anilines is 1. The quantitative estimate of drug-likeness (QED) is 0.692. The predicted octanol–water partition coefficient (Wildman–Crippen LogP) is -0.766. The second-order valence-corrected chi connectivity index (χ2v) is 8.07. The number of aromatic nitrogens is 3.